The van der Waals surface area contributed by atoms with E-state index in [-0.39, 0.29) is 11.9 Å². The summed E-state index contributed by atoms with van der Waals surface area (Å²) in [5.41, 5.74) is 0.613. The van der Waals surface area contributed by atoms with E-state index in [4.69, 9.17) is 4.74 Å². The van der Waals surface area contributed by atoms with Gasteiger partial charge in [-0.3, -0.25) is 9.59 Å². The second-order valence-corrected chi connectivity index (χ2v) is 3.52. The van der Waals surface area contributed by atoms with Crippen LogP contribution in [0.15, 0.2) is 24.3 Å². The molecular weight excluding hydrogens is 192 g/mol. The third-order valence-electron chi connectivity index (χ3n) is 1.93. The number of carbonyl (C=O) groups is 2. The smallest absolute Gasteiger partial charge is 0.150 e. The maximum absolute atomic E-state index is 10.8. The molecule has 0 radical (unpaired) electrons. The highest BCUT2D eigenvalue weighted by atomic mass is 16.5. The molecule has 1 aromatic rings. The van der Waals surface area contributed by atoms with Crippen LogP contribution in [-0.4, -0.2) is 18.2 Å². The van der Waals surface area contributed by atoms with Crippen molar-refractivity contribution in [2.75, 3.05) is 0 Å². The Morgan fingerprint density at radius 1 is 1.40 bits per heavy atom. The number of aldehydes is 1. The molecule has 1 atom stereocenters. The summed E-state index contributed by atoms with van der Waals surface area (Å²) in [6.45, 7) is 3.38. The average molecular weight is 206 g/mol. The van der Waals surface area contributed by atoms with Crippen LogP contribution in [0.3, 0.4) is 0 Å². The summed E-state index contributed by atoms with van der Waals surface area (Å²) in [5, 5.41) is 0. The molecule has 0 fully saturated rings. The van der Waals surface area contributed by atoms with Crippen LogP contribution in [0.25, 0.3) is 0 Å². The zero-order valence-corrected chi connectivity index (χ0v) is 8.90. The van der Waals surface area contributed by atoms with Gasteiger partial charge in [-0.1, -0.05) is 0 Å². The van der Waals surface area contributed by atoms with Gasteiger partial charge < -0.3 is 4.74 Å². The molecule has 0 spiro atoms. The third kappa shape index (κ3) is 3.94. The van der Waals surface area contributed by atoms with Crippen LogP contribution in [0.1, 0.15) is 30.6 Å². The van der Waals surface area contributed by atoms with Gasteiger partial charge in [0.1, 0.15) is 23.9 Å². The first kappa shape index (κ1) is 11.4. The van der Waals surface area contributed by atoms with Crippen molar-refractivity contribution in [3.05, 3.63) is 29.8 Å². The van der Waals surface area contributed by atoms with E-state index in [9.17, 15) is 9.59 Å². The number of hydrogen-bond acceptors (Lipinski definition) is 3. The van der Waals surface area contributed by atoms with Crippen molar-refractivity contribution < 1.29 is 14.3 Å². The second kappa shape index (κ2) is 5.29. The SMILES string of the molecule is CC(=O)CC(C)Oc1ccc(C=O)cc1. The molecule has 15 heavy (non-hydrogen) atoms. The first-order valence-corrected chi connectivity index (χ1v) is 4.83. The number of carbonyl (C=O) groups excluding carboxylic acids is 2. The zero-order chi connectivity index (χ0) is 11.3. The molecule has 0 aromatic heterocycles. The first-order chi connectivity index (χ1) is 7.11. The highest BCUT2D eigenvalue weighted by molar-refractivity contribution is 5.76. The molecule has 1 aromatic carbocycles. The van der Waals surface area contributed by atoms with E-state index in [2.05, 4.69) is 0 Å². The molecular formula is C12H14O3. The summed E-state index contributed by atoms with van der Waals surface area (Å²) < 4.78 is 5.49. The van der Waals surface area contributed by atoms with Crippen molar-refractivity contribution >= 4 is 12.1 Å². The van der Waals surface area contributed by atoms with Gasteiger partial charge in [-0.25, -0.2) is 0 Å². The minimum Gasteiger partial charge on any atom is -0.490 e. The van der Waals surface area contributed by atoms with E-state index in [1.54, 1.807) is 24.3 Å². The van der Waals surface area contributed by atoms with Crippen molar-refractivity contribution in [3.8, 4) is 5.75 Å². The molecule has 3 nitrogen and oxygen atoms in total. The van der Waals surface area contributed by atoms with E-state index >= 15 is 0 Å². The Labute approximate surface area is 89.1 Å². The van der Waals surface area contributed by atoms with Crippen LogP contribution in [-0.2, 0) is 4.79 Å². The Hall–Kier alpha value is -1.64. The molecule has 1 unspecified atom stereocenters. The number of hydrogen-bond donors (Lipinski definition) is 0. The van der Waals surface area contributed by atoms with Gasteiger partial charge in [-0.05, 0) is 38.1 Å². The van der Waals surface area contributed by atoms with Crippen molar-refractivity contribution in [2.24, 2.45) is 0 Å². The Balaban J connectivity index is 2.56. The van der Waals surface area contributed by atoms with Crippen molar-refractivity contribution in [1.82, 2.24) is 0 Å². The molecule has 0 aliphatic rings. The van der Waals surface area contributed by atoms with E-state index in [0.29, 0.717) is 17.7 Å². The summed E-state index contributed by atoms with van der Waals surface area (Å²) in [6, 6.07) is 6.81. The predicted molar refractivity (Wildman–Crippen MR) is 57.2 cm³/mol. The van der Waals surface area contributed by atoms with Gasteiger partial charge in [-0.15, -0.1) is 0 Å². The normalized spacial score (nSPS) is 11.9. The minimum atomic E-state index is -0.135. The standard InChI is InChI=1S/C12H14O3/c1-9(14)7-10(2)15-12-5-3-11(8-13)4-6-12/h3-6,8,10H,7H2,1-2H3. The quantitative estimate of drug-likeness (QED) is 0.694. The lowest BCUT2D eigenvalue weighted by molar-refractivity contribution is -0.118. The van der Waals surface area contributed by atoms with Crippen LogP contribution in [0.5, 0.6) is 5.75 Å². The topological polar surface area (TPSA) is 43.4 Å². The summed E-state index contributed by atoms with van der Waals surface area (Å²) >= 11 is 0. The molecule has 0 aliphatic heterocycles. The number of benzene rings is 1. The lowest BCUT2D eigenvalue weighted by Crippen LogP contribution is -2.15. The average Bonchev–Trinajstić information content (AvgIpc) is 2.17. The summed E-state index contributed by atoms with van der Waals surface area (Å²) in [7, 11) is 0. The van der Waals surface area contributed by atoms with Gasteiger partial charge >= 0.3 is 0 Å². The molecule has 0 bridgehead atoms. The molecule has 0 saturated heterocycles. The number of ketones is 1. The molecule has 0 N–H and O–H groups in total. The monoisotopic (exact) mass is 206 g/mol. The van der Waals surface area contributed by atoms with Crippen LogP contribution in [0, 0.1) is 0 Å². The maximum atomic E-state index is 10.8. The first-order valence-electron chi connectivity index (χ1n) is 4.83. The minimum absolute atomic E-state index is 0.104. The summed E-state index contributed by atoms with van der Waals surface area (Å²) in [6.07, 6.45) is 1.04. The highest BCUT2D eigenvalue weighted by Crippen LogP contribution is 2.14. The van der Waals surface area contributed by atoms with Gasteiger partial charge in [0.15, 0.2) is 0 Å². The Bertz CT molecular complexity index is 340. The van der Waals surface area contributed by atoms with Gasteiger partial charge in [-0.2, -0.15) is 0 Å². The number of Topliss-reactive ketones (excluding diaryl/α,β-unsaturated/α-hetero) is 1. The highest BCUT2D eigenvalue weighted by Gasteiger charge is 2.06. The van der Waals surface area contributed by atoms with Crippen LogP contribution >= 0.6 is 0 Å². The Morgan fingerprint density at radius 3 is 2.47 bits per heavy atom. The van der Waals surface area contributed by atoms with Crippen LogP contribution in [0.4, 0.5) is 0 Å². The number of rotatable bonds is 5. The van der Waals surface area contributed by atoms with Gasteiger partial charge in [0.25, 0.3) is 0 Å². The van der Waals surface area contributed by atoms with Gasteiger partial charge in [0.2, 0.25) is 0 Å². The van der Waals surface area contributed by atoms with E-state index in [1.807, 2.05) is 6.92 Å². The van der Waals surface area contributed by atoms with Crippen molar-refractivity contribution in [3.63, 3.8) is 0 Å². The molecule has 0 amide bonds. The molecule has 3 heteroatoms. The Kier molecular flexibility index (Phi) is 4.03. The lowest BCUT2D eigenvalue weighted by atomic mass is 10.2. The largest absolute Gasteiger partial charge is 0.490 e. The molecule has 0 saturated carbocycles. The molecule has 0 heterocycles. The second-order valence-electron chi connectivity index (χ2n) is 3.52. The number of ether oxygens (including phenoxy) is 1. The van der Waals surface area contributed by atoms with Crippen molar-refractivity contribution in [2.45, 2.75) is 26.4 Å². The van der Waals surface area contributed by atoms with E-state index in [1.165, 1.54) is 6.92 Å². The fourth-order valence-electron chi connectivity index (χ4n) is 1.30. The summed E-state index contributed by atoms with van der Waals surface area (Å²) in [5.74, 6) is 0.779. The molecule has 80 valence electrons. The van der Waals surface area contributed by atoms with Crippen LogP contribution < -0.4 is 4.74 Å². The third-order valence-corrected chi connectivity index (χ3v) is 1.93. The van der Waals surface area contributed by atoms with E-state index < -0.39 is 0 Å². The Morgan fingerprint density at radius 2 is 2.00 bits per heavy atom. The van der Waals surface area contributed by atoms with Crippen LogP contribution in [0.2, 0.25) is 0 Å². The fourth-order valence-corrected chi connectivity index (χ4v) is 1.30. The molecule has 0 aliphatic carbocycles. The van der Waals surface area contributed by atoms with E-state index in [0.717, 1.165) is 6.29 Å². The fraction of sp³-hybridized carbons (Fsp3) is 0.333. The lowest BCUT2D eigenvalue weighted by Gasteiger charge is -2.12. The molecule has 1 rings (SSSR count). The van der Waals surface area contributed by atoms with Crippen molar-refractivity contribution in [1.29, 1.82) is 0 Å². The van der Waals surface area contributed by atoms with Gasteiger partial charge in [0, 0.05) is 12.0 Å². The van der Waals surface area contributed by atoms with Gasteiger partial charge in [0.05, 0.1) is 0 Å². The maximum Gasteiger partial charge on any atom is 0.150 e. The predicted octanol–water partition coefficient (Wildman–Crippen LogP) is 2.25. The zero-order valence-electron chi connectivity index (χ0n) is 8.90. The summed E-state index contributed by atoms with van der Waals surface area (Å²) in [4.78, 5) is 21.2.